The second-order valence-corrected chi connectivity index (χ2v) is 7.19. The fraction of sp³-hybridized carbons (Fsp3) is 0.222. The Morgan fingerprint density at radius 2 is 2.11 bits per heavy atom. The van der Waals surface area contributed by atoms with Crippen molar-refractivity contribution >= 4 is 40.4 Å². The van der Waals surface area contributed by atoms with Crippen LogP contribution in [0.2, 0.25) is 5.02 Å². The predicted molar refractivity (Wildman–Crippen MR) is 105 cm³/mol. The van der Waals surface area contributed by atoms with Crippen LogP contribution in [0, 0.1) is 6.92 Å². The third-order valence-electron chi connectivity index (χ3n) is 3.86. The van der Waals surface area contributed by atoms with E-state index in [0.717, 1.165) is 0 Å². The quantitative estimate of drug-likeness (QED) is 0.579. The van der Waals surface area contributed by atoms with Crippen LogP contribution in [0.1, 0.15) is 51.1 Å². The highest BCUT2D eigenvalue weighted by atomic mass is 35.5. The number of aromatic amines is 1. The standard InChI is InChI=1S/C18H18ClN5O2S/c1-3-13(16-20-10(2)23-24-16)21-17(25)11-6-7-12(19)14(9-11)22-18(26)15-5-4-8-27-15/h4-9,13H,3H2,1-2H3,(H,21,25)(H,22,26)(H,20,23,24). The lowest BCUT2D eigenvalue weighted by Crippen LogP contribution is -2.29. The van der Waals surface area contributed by atoms with Crippen molar-refractivity contribution in [3.05, 3.63) is 62.8 Å². The van der Waals surface area contributed by atoms with Crippen LogP contribution in [-0.2, 0) is 0 Å². The molecule has 140 valence electrons. The van der Waals surface area contributed by atoms with Gasteiger partial charge in [0, 0.05) is 5.56 Å². The van der Waals surface area contributed by atoms with E-state index in [9.17, 15) is 9.59 Å². The summed E-state index contributed by atoms with van der Waals surface area (Å²) in [5.74, 6) is 0.644. The van der Waals surface area contributed by atoms with Gasteiger partial charge in [-0.05, 0) is 43.0 Å². The molecule has 0 saturated carbocycles. The molecule has 9 heteroatoms. The highest BCUT2D eigenvalue weighted by molar-refractivity contribution is 7.12. The summed E-state index contributed by atoms with van der Waals surface area (Å²) in [7, 11) is 0. The number of thiophene rings is 1. The van der Waals surface area contributed by atoms with Gasteiger partial charge < -0.3 is 10.6 Å². The number of carbonyl (C=O) groups is 2. The van der Waals surface area contributed by atoms with Crippen LogP contribution in [0.4, 0.5) is 5.69 Å². The van der Waals surface area contributed by atoms with Crippen LogP contribution < -0.4 is 10.6 Å². The Balaban J connectivity index is 1.76. The molecule has 0 fully saturated rings. The maximum absolute atomic E-state index is 12.6. The molecular formula is C18H18ClN5O2S. The molecule has 0 bridgehead atoms. The second kappa shape index (κ2) is 8.32. The first kappa shape index (κ1) is 19.1. The van der Waals surface area contributed by atoms with E-state index in [4.69, 9.17) is 11.6 Å². The molecule has 1 unspecified atom stereocenters. The first-order valence-electron chi connectivity index (χ1n) is 8.32. The van der Waals surface area contributed by atoms with Gasteiger partial charge in [-0.1, -0.05) is 24.6 Å². The van der Waals surface area contributed by atoms with E-state index in [-0.39, 0.29) is 17.9 Å². The summed E-state index contributed by atoms with van der Waals surface area (Å²) in [6.07, 6.45) is 0.637. The van der Waals surface area contributed by atoms with E-state index in [1.165, 1.54) is 11.3 Å². The van der Waals surface area contributed by atoms with Crippen LogP contribution in [0.25, 0.3) is 0 Å². The molecule has 0 saturated heterocycles. The van der Waals surface area contributed by atoms with E-state index in [2.05, 4.69) is 25.8 Å². The third kappa shape index (κ3) is 4.53. The molecule has 0 spiro atoms. The largest absolute Gasteiger partial charge is 0.342 e. The molecule has 2 amide bonds. The maximum atomic E-state index is 12.6. The van der Waals surface area contributed by atoms with Crippen LogP contribution in [-0.4, -0.2) is 27.0 Å². The summed E-state index contributed by atoms with van der Waals surface area (Å²) < 4.78 is 0. The normalized spacial score (nSPS) is 11.8. The number of carbonyl (C=O) groups excluding carboxylic acids is 2. The Morgan fingerprint density at radius 1 is 1.30 bits per heavy atom. The van der Waals surface area contributed by atoms with Crippen molar-refractivity contribution in [3.63, 3.8) is 0 Å². The number of hydrogen-bond acceptors (Lipinski definition) is 5. The van der Waals surface area contributed by atoms with Gasteiger partial charge in [0.05, 0.1) is 21.6 Å². The lowest BCUT2D eigenvalue weighted by molar-refractivity contribution is 0.0932. The van der Waals surface area contributed by atoms with Crippen LogP contribution >= 0.6 is 22.9 Å². The number of aryl methyl sites for hydroxylation is 1. The van der Waals surface area contributed by atoms with Crippen molar-refractivity contribution in [2.45, 2.75) is 26.3 Å². The van der Waals surface area contributed by atoms with E-state index in [1.807, 2.05) is 12.3 Å². The molecule has 3 aromatic rings. The highest BCUT2D eigenvalue weighted by Crippen LogP contribution is 2.25. The molecule has 0 aliphatic rings. The molecular weight excluding hydrogens is 386 g/mol. The smallest absolute Gasteiger partial charge is 0.265 e. The highest BCUT2D eigenvalue weighted by Gasteiger charge is 2.19. The molecule has 3 rings (SSSR count). The number of rotatable bonds is 6. The van der Waals surface area contributed by atoms with Crippen molar-refractivity contribution in [1.82, 2.24) is 20.5 Å². The molecule has 27 heavy (non-hydrogen) atoms. The minimum Gasteiger partial charge on any atom is -0.342 e. The summed E-state index contributed by atoms with van der Waals surface area (Å²) in [5.41, 5.74) is 0.760. The predicted octanol–water partition coefficient (Wildman–Crippen LogP) is 3.96. The summed E-state index contributed by atoms with van der Waals surface area (Å²) in [5, 5.41) is 14.7. The molecule has 2 heterocycles. The van der Waals surface area contributed by atoms with Gasteiger partial charge in [0.25, 0.3) is 11.8 Å². The van der Waals surface area contributed by atoms with E-state index >= 15 is 0 Å². The fourth-order valence-corrected chi connectivity index (χ4v) is 3.24. The molecule has 3 N–H and O–H groups in total. The summed E-state index contributed by atoms with van der Waals surface area (Å²) in [4.78, 5) is 29.7. The summed E-state index contributed by atoms with van der Waals surface area (Å²) in [6.45, 7) is 3.73. The Labute approximate surface area is 165 Å². The van der Waals surface area contributed by atoms with Gasteiger partial charge in [-0.2, -0.15) is 5.10 Å². The Morgan fingerprint density at radius 3 is 2.74 bits per heavy atom. The molecule has 2 aromatic heterocycles. The lowest BCUT2D eigenvalue weighted by Gasteiger charge is -2.14. The van der Waals surface area contributed by atoms with Crippen molar-refractivity contribution in [2.75, 3.05) is 5.32 Å². The zero-order chi connectivity index (χ0) is 19.4. The van der Waals surface area contributed by atoms with E-state index in [1.54, 1.807) is 37.3 Å². The number of nitrogens with one attached hydrogen (secondary N) is 3. The van der Waals surface area contributed by atoms with Crippen LogP contribution in [0.5, 0.6) is 0 Å². The lowest BCUT2D eigenvalue weighted by atomic mass is 10.1. The van der Waals surface area contributed by atoms with Crippen LogP contribution in [0.3, 0.4) is 0 Å². The number of anilines is 1. The first-order valence-corrected chi connectivity index (χ1v) is 9.58. The minimum atomic E-state index is -0.317. The molecule has 0 radical (unpaired) electrons. The van der Waals surface area contributed by atoms with Gasteiger partial charge in [0.1, 0.15) is 5.82 Å². The average Bonchev–Trinajstić information content (AvgIpc) is 3.33. The SMILES string of the molecule is CCC(NC(=O)c1ccc(Cl)c(NC(=O)c2cccs2)c1)c1n[nH]c(C)n1. The molecule has 1 aromatic carbocycles. The van der Waals surface area contributed by atoms with Gasteiger partial charge in [-0.15, -0.1) is 11.3 Å². The Bertz CT molecular complexity index is 955. The fourth-order valence-electron chi connectivity index (χ4n) is 2.46. The van der Waals surface area contributed by atoms with Crippen molar-refractivity contribution in [1.29, 1.82) is 0 Å². The van der Waals surface area contributed by atoms with E-state index < -0.39 is 0 Å². The number of nitrogens with zero attached hydrogens (tertiary/aromatic N) is 2. The van der Waals surface area contributed by atoms with Crippen molar-refractivity contribution in [2.24, 2.45) is 0 Å². The zero-order valence-electron chi connectivity index (χ0n) is 14.7. The molecule has 0 aliphatic carbocycles. The van der Waals surface area contributed by atoms with Crippen molar-refractivity contribution in [3.8, 4) is 0 Å². The molecule has 0 aliphatic heterocycles. The zero-order valence-corrected chi connectivity index (χ0v) is 16.3. The maximum Gasteiger partial charge on any atom is 0.265 e. The monoisotopic (exact) mass is 403 g/mol. The Kier molecular flexibility index (Phi) is 5.88. The number of aromatic nitrogens is 3. The second-order valence-electron chi connectivity index (χ2n) is 5.84. The van der Waals surface area contributed by atoms with Gasteiger partial charge >= 0.3 is 0 Å². The molecule has 7 nitrogen and oxygen atoms in total. The van der Waals surface area contributed by atoms with Gasteiger partial charge in [0.15, 0.2) is 5.82 Å². The summed E-state index contributed by atoms with van der Waals surface area (Å²) >= 11 is 7.50. The average molecular weight is 404 g/mol. The minimum absolute atomic E-state index is 0.271. The Hall–Kier alpha value is -2.71. The van der Waals surface area contributed by atoms with E-state index in [0.29, 0.717) is 39.2 Å². The summed E-state index contributed by atoms with van der Waals surface area (Å²) in [6, 6.07) is 7.93. The number of amides is 2. The molecule has 1 atom stereocenters. The number of H-pyrrole nitrogens is 1. The topological polar surface area (TPSA) is 99.8 Å². The first-order chi connectivity index (χ1) is 13.0. The van der Waals surface area contributed by atoms with Gasteiger partial charge in [0.2, 0.25) is 0 Å². The van der Waals surface area contributed by atoms with Gasteiger partial charge in [-0.3, -0.25) is 14.7 Å². The third-order valence-corrected chi connectivity index (χ3v) is 5.06. The van der Waals surface area contributed by atoms with Gasteiger partial charge in [-0.25, -0.2) is 4.98 Å². The number of halogens is 1. The number of benzene rings is 1. The number of hydrogen-bond donors (Lipinski definition) is 3. The van der Waals surface area contributed by atoms with Crippen molar-refractivity contribution < 1.29 is 9.59 Å². The van der Waals surface area contributed by atoms with Crippen LogP contribution in [0.15, 0.2) is 35.7 Å².